The number of nitrogens with two attached hydrogens (primary N) is 1. The molecule has 1 unspecified atom stereocenters. The van der Waals surface area contributed by atoms with Crippen molar-refractivity contribution in [2.24, 2.45) is 5.84 Å². The van der Waals surface area contributed by atoms with Crippen LogP contribution in [0, 0.1) is 5.82 Å². The Bertz CT molecular complexity index is 592. The first-order valence-electron chi connectivity index (χ1n) is 6.18. The fourth-order valence-corrected chi connectivity index (χ4v) is 2.98. The first kappa shape index (κ1) is 15.3. The van der Waals surface area contributed by atoms with Crippen LogP contribution in [0.5, 0.6) is 0 Å². The van der Waals surface area contributed by atoms with Crippen molar-refractivity contribution in [2.45, 2.75) is 17.4 Å². The van der Waals surface area contributed by atoms with Crippen LogP contribution in [-0.2, 0) is 6.42 Å². The Hall–Kier alpha value is -1.07. The van der Waals surface area contributed by atoms with Crippen molar-refractivity contribution in [2.75, 3.05) is 6.26 Å². The van der Waals surface area contributed by atoms with Gasteiger partial charge in [0.25, 0.3) is 0 Å². The molecular formula is C15H16ClFN2S. The molecule has 0 saturated heterocycles. The average Bonchev–Trinajstić information content (AvgIpc) is 2.48. The molecule has 2 nitrogen and oxygen atoms in total. The number of hydrazine groups is 1. The zero-order chi connectivity index (χ0) is 14.5. The molecule has 3 N–H and O–H groups in total. The molecule has 106 valence electrons. The van der Waals surface area contributed by atoms with Crippen molar-refractivity contribution in [1.82, 2.24) is 5.43 Å². The van der Waals surface area contributed by atoms with E-state index in [4.69, 9.17) is 17.4 Å². The summed E-state index contributed by atoms with van der Waals surface area (Å²) >= 11 is 7.49. The Balaban J connectivity index is 2.26. The topological polar surface area (TPSA) is 38.0 Å². The Morgan fingerprint density at radius 1 is 1.30 bits per heavy atom. The molecule has 0 spiro atoms. The van der Waals surface area contributed by atoms with Gasteiger partial charge in [0.15, 0.2) is 0 Å². The van der Waals surface area contributed by atoms with Gasteiger partial charge in [0.1, 0.15) is 5.82 Å². The van der Waals surface area contributed by atoms with Gasteiger partial charge in [-0.2, -0.15) is 0 Å². The van der Waals surface area contributed by atoms with E-state index in [1.54, 1.807) is 23.9 Å². The second-order valence-electron chi connectivity index (χ2n) is 4.41. The van der Waals surface area contributed by atoms with Crippen LogP contribution in [0.15, 0.2) is 47.4 Å². The summed E-state index contributed by atoms with van der Waals surface area (Å²) in [5.41, 5.74) is 4.89. The Labute approximate surface area is 127 Å². The summed E-state index contributed by atoms with van der Waals surface area (Å²) in [6.07, 6.45) is 2.68. The van der Waals surface area contributed by atoms with Crippen LogP contribution in [-0.4, -0.2) is 6.26 Å². The van der Waals surface area contributed by atoms with Gasteiger partial charge in [-0.3, -0.25) is 11.3 Å². The van der Waals surface area contributed by atoms with Crippen molar-refractivity contribution >= 4 is 23.4 Å². The number of rotatable bonds is 5. The molecule has 0 radical (unpaired) electrons. The van der Waals surface area contributed by atoms with Gasteiger partial charge >= 0.3 is 0 Å². The fraction of sp³-hybridized carbons (Fsp3) is 0.200. The first-order chi connectivity index (χ1) is 9.65. The molecule has 2 aromatic rings. The minimum absolute atomic E-state index is 0.0415. The summed E-state index contributed by atoms with van der Waals surface area (Å²) in [6.45, 7) is 0. The maximum absolute atomic E-state index is 13.2. The summed E-state index contributed by atoms with van der Waals surface area (Å²) in [5.74, 6) is 5.27. The molecule has 0 aromatic heterocycles. The van der Waals surface area contributed by atoms with Crippen LogP contribution in [0.25, 0.3) is 0 Å². The van der Waals surface area contributed by atoms with E-state index in [2.05, 4.69) is 11.5 Å². The highest BCUT2D eigenvalue weighted by Gasteiger charge is 2.14. The third-order valence-corrected chi connectivity index (χ3v) is 4.24. The van der Waals surface area contributed by atoms with Gasteiger partial charge in [0.05, 0.1) is 11.1 Å². The predicted octanol–water partition coefficient (Wildman–Crippen LogP) is 3.95. The van der Waals surface area contributed by atoms with E-state index in [1.807, 2.05) is 24.5 Å². The van der Waals surface area contributed by atoms with Crippen molar-refractivity contribution < 1.29 is 4.39 Å². The standard InChI is InChI=1S/C15H16ClFN2S/c1-20-15-5-3-2-4-11(15)14(19-18)9-10-6-7-13(17)12(16)8-10/h2-8,14,19H,9,18H2,1H3. The zero-order valence-electron chi connectivity index (χ0n) is 11.1. The van der Waals surface area contributed by atoms with E-state index in [1.165, 1.54) is 11.0 Å². The van der Waals surface area contributed by atoms with E-state index in [9.17, 15) is 4.39 Å². The van der Waals surface area contributed by atoms with E-state index in [-0.39, 0.29) is 11.1 Å². The van der Waals surface area contributed by atoms with Crippen LogP contribution in [0.3, 0.4) is 0 Å². The largest absolute Gasteiger partial charge is 0.271 e. The van der Waals surface area contributed by atoms with Crippen LogP contribution in [0.4, 0.5) is 4.39 Å². The molecule has 2 rings (SSSR count). The SMILES string of the molecule is CSc1ccccc1C(Cc1ccc(F)c(Cl)c1)NN. The number of hydrogen-bond acceptors (Lipinski definition) is 3. The lowest BCUT2D eigenvalue weighted by atomic mass is 9.99. The summed E-state index contributed by atoms with van der Waals surface area (Å²) in [6, 6.07) is 12.8. The molecular weight excluding hydrogens is 295 g/mol. The number of thioether (sulfide) groups is 1. The molecule has 1 atom stereocenters. The van der Waals surface area contributed by atoms with E-state index < -0.39 is 5.82 Å². The Morgan fingerprint density at radius 2 is 2.05 bits per heavy atom. The van der Waals surface area contributed by atoms with E-state index in [0.29, 0.717) is 6.42 Å². The van der Waals surface area contributed by atoms with Crippen LogP contribution >= 0.6 is 23.4 Å². The van der Waals surface area contributed by atoms with Crippen molar-refractivity contribution in [3.05, 3.63) is 64.4 Å². The molecule has 0 aliphatic heterocycles. The number of nitrogens with one attached hydrogen (secondary N) is 1. The van der Waals surface area contributed by atoms with Crippen LogP contribution in [0.1, 0.15) is 17.2 Å². The minimum Gasteiger partial charge on any atom is -0.271 e. The molecule has 0 aliphatic carbocycles. The molecule has 0 saturated carbocycles. The van der Waals surface area contributed by atoms with Gasteiger partial charge in [0, 0.05) is 4.90 Å². The van der Waals surface area contributed by atoms with Crippen molar-refractivity contribution in [1.29, 1.82) is 0 Å². The third-order valence-electron chi connectivity index (χ3n) is 3.14. The maximum Gasteiger partial charge on any atom is 0.141 e. The Morgan fingerprint density at radius 3 is 2.70 bits per heavy atom. The molecule has 2 aromatic carbocycles. The molecule has 0 aliphatic rings. The molecule has 0 heterocycles. The maximum atomic E-state index is 13.2. The van der Waals surface area contributed by atoms with Crippen molar-refractivity contribution in [3.8, 4) is 0 Å². The monoisotopic (exact) mass is 310 g/mol. The quantitative estimate of drug-likeness (QED) is 0.499. The van der Waals surface area contributed by atoms with Crippen LogP contribution in [0.2, 0.25) is 5.02 Å². The Kier molecular flexibility index (Phi) is 5.43. The lowest BCUT2D eigenvalue weighted by Crippen LogP contribution is -2.30. The predicted molar refractivity (Wildman–Crippen MR) is 83.4 cm³/mol. The zero-order valence-corrected chi connectivity index (χ0v) is 12.6. The molecule has 0 amide bonds. The first-order valence-corrected chi connectivity index (χ1v) is 7.79. The minimum atomic E-state index is -0.405. The normalized spacial score (nSPS) is 12.4. The summed E-state index contributed by atoms with van der Waals surface area (Å²) in [4.78, 5) is 1.17. The van der Waals surface area contributed by atoms with Crippen LogP contribution < -0.4 is 11.3 Å². The van der Waals surface area contributed by atoms with Gasteiger partial charge < -0.3 is 0 Å². The number of halogens is 2. The molecule has 0 fully saturated rings. The van der Waals surface area contributed by atoms with E-state index >= 15 is 0 Å². The van der Waals surface area contributed by atoms with Gasteiger partial charge in [-0.25, -0.2) is 4.39 Å². The second-order valence-corrected chi connectivity index (χ2v) is 5.67. The second kappa shape index (κ2) is 7.09. The van der Waals surface area contributed by atoms with Gasteiger partial charge in [-0.1, -0.05) is 35.9 Å². The highest BCUT2D eigenvalue weighted by Crippen LogP contribution is 2.28. The van der Waals surface area contributed by atoms with Gasteiger partial charge in [0.2, 0.25) is 0 Å². The van der Waals surface area contributed by atoms with Crippen molar-refractivity contribution in [3.63, 3.8) is 0 Å². The molecule has 5 heteroatoms. The smallest absolute Gasteiger partial charge is 0.141 e. The fourth-order valence-electron chi connectivity index (χ4n) is 2.12. The number of hydrogen-bond donors (Lipinski definition) is 2. The number of benzene rings is 2. The van der Waals surface area contributed by atoms with E-state index in [0.717, 1.165) is 11.1 Å². The highest BCUT2D eigenvalue weighted by atomic mass is 35.5. The summed E-state index contributed by atoms with van der Waals surface area (Å²) < 4.78 is 13.2. The molecule has 0 bridgehead atoms. The summed E-state index contributed by atoms with van der Waals surface area (Å²) in [7, 11) is 0. The molecule has 20 heavy (non-hydrogen) atoms. The summed E-state index contributed by atoms with van der Waals surface area (Å²) in [5, 5.41) is 0.136. The third kappa shape index (κ3) is 3.52. The lowest BCUT2D eigenvalue weighted by molar-refractivity contribution is 0.543. The van der Waals surface area contributed by atoms with Gasteiger partial charge in [-0.05, 0) is 42.0 Å². The van der Waals surface area contributed by atoms with Gasteiger partial charge in [-0.15, -0.1) is 11.8 Å². The average molecular weight is 311 g/mol. The lowest BCUT2D eigenvalue weighted by Gasteiger charge is -2.19. The highest BCUT2D eigenvalue weighted by molar-refractivity contribution is 7.98.